The van der Waals surface area contributed by atoms with Crippen LogP contribution in [-0.2, 0) is 37.4 Å². The van der Waals surface area contributed by atoms with Gasteiger partial charge in [-0.2, -0.15) is 13.5 Å². The maximum absolute atomic E-state index is 12.0. The molecule has 0 fully saturated rings. The predicted octanol–water partition coefficient (Wildman–Crippen LogP) is 10.4. The van der Waals surface area contributed by atoms with Crippen molar-refractivity contribution in [1.29, 1.82) is 0 Å². The molecule has 41 heavy (non-hydrogen) atoms. The molecular weight excluding hydrogens is 577 g/mol. The number of carbonyl (C=O) groups is 1. The fourth-order valence-corrected chi connectivity index (χ4v) is 5.25. The molecule has 0 unspecified atom stereocenters. The molecule has 0 aromatic heterocycles. The van der Waals surface area contributed by atoms with Gasteiger partial charge >= 0.3 is 5.97 Å². The first-order valence-corrected chi connectivity index (χ1v) is 14.1. The molecule has 4 rings (SSSR count). The van der Waals surface area contributed by atoms with Crippen molar-refractivity contribution in [3.05, 3.63) is 122 Å². The summed E-state index contributed by atoms with van der Waals surface area (Å²) in [5.41, 5.74) is 20.2. The maximum atomic E-state index is 12.0. The summed E-state index contributed by atoms with van der Waals surface area (Å²) < 4.78 is 5.00. The Balaban J connectivity index is 0.000000285. The van der Waals surface area contributed by atoms with Gasteiger partial charge in [-0.15, -0.1) is 0 Å². The van der Waals surface area contributed by atoms with Crippen LogP contribution in [0.5, 0.6) is 0 Å². The van der Waals surface area contributed by atoms with Crippen molar-refractivity contribution in [3.8, 4) is 22.3 Å². The third-order valence-corrected chi connectivity index (χ3v) is 8.99. The minimum absolute atomic E-state index is 0. The Morgan fingerprint density at radius 1 is 0.463 bits per heavy atom. The fourth-order valence-electron chi connectivity index (χ4n) is 5.25. The van der Waals surface area contributed by atoms with E-state index in [0.29, 0.717) is 5.56 Å². The molecule has 0 atom stereocenters. The van der Waals surface area contributed by atoms with Gasteiger partial charge in [0.15, 0.2) is 0 Å². The second-order valence-corrected chi connectivity index (χ2v) is 11.1. The molecule has 4 aromatic carbocycles. The van der Waals surface area contributed by atoms with E-state index >= 15 is 0 Å². The number of hydrogen-bond donors (Lipinski definition) is 0. The summed E-state index contributed by atoms with van der Waals surface area (Å²) in [4.78, 5) is 12.0. The third kappa shape index (κ3) is 7.27. The molecule has 4 aromatic rings. The number of esters is 1. The average molecular weight is 623 g/mol. The summed E-state index contributed by atoms with van der Waals surface area (Å²) in [5.74, 6) is -0.300. The van der Waals surface area contributed by atoms with Gasteiger partial charge in [0.1, 0.15) is 0 Å². The van der Waals surface area contributed by atoms with Gasteiger partial charge in [0, 0.05) is 32.7 Å². The van der Waals surface area contributed by atoms with Gasteiger partial charge < -0.3 is 4.74 Å². The van der Waals surface area contributed by atoms with Gasteiger partial charge in [-0.3, -0.25) is 0 Å². The molecular formula is C38H45O2Y-. The molecule has 0 saturated carbocycles. The number of carbonyl (C=O) groups excluding carboxylic acids is 1. The Labute approximate surface area is 273 Å². The molecule has 0 aliphatic rings. The van der Waals surface area contributed by atoms with Crippen LogP contribution in [0.1, 0.15) is 78.5 Å². The first-order valence-electron chi connectivity index (χ1n) is 14.1. The Hall–Kier alpha value is -2.55. The van der Waals surface area contributed by atoms with E-state index in [1.807, 2.05) is 19.1 Å². The van der Waals surface area contributed by atoms with E-state index in [0.717, 1.165) is 11.1 Å². The van der Waals surface area contributed by atoms with Crippen molar-refractivity contribution in [2.75, 3.05) is 0 Å². The van der Waals surface area contributed by atoms with Gasteiger partial charge in [-0.25, -0.2) is 4.79 Å². The van der Waals surface area contributed by atoms with Crippen LogP contribution < -0.4 is 0 Å². The second kappa shape index (κ2) is 14.6. The quantitative estimate of drug-likeness (QED) is 0.167. The van der Waals surface area contributed by atoms with E-state index in [1.54, 1.807) is 6.92 Å². The monoisotopic (exact) mass is 622 g/mol. The summed E-state index contributed by atoms with van der Waals surface area (Å²) in [7, 11) is 0. The molecule has 0 saturated heterocycles. The molecule has 0 N–H and O–H groups in total. The predicted molar refractivity (Wildman–Crippen MR) is 171 cm³/mol. The minimum atomic E-state index is -0.300. The van der Waals surface area contributed by atoms with Crippen LogP contribution >= 0.6 is 0 Å². The van der Waals surface area contributed by atoms with Crippen molar-refractivity contribution in [1.82, 2.24) is 0 Å². The van der Waals surface area contributed by atoms with E-state index in [9.17, 15) is 4.79 Å². The molecule has 0 spiro atoms. The molecule has 3 heteroatoms. The molecule has 0 aliphatic heterocycles. The molecule has 0 bridgehead atoms. The first kappa shape index (κ1) is 34.7. The third-order valence-electron chi connectivity index (χ3n) is 8.99. The molecule has 213 valence electrons. The number of hydrogen-bond acceptors (Lipinski definition) is 2. The van der Waals surface area contributed by atoms with Crippen LogP contribution in [-0.4, -0.2) is 5.97 Å². The van der Waals surface area contributed by atoms with E-state index < -0.39 is 0 Å². The molecule has 2 nitrogen and oxygen atoms in total. The summed E-state index contributed by atoms with van der Waals surface area (Å²) in [6, 6.07) is 17.2. The van der Waals surface area contributed by atoms with Crippen molar-refractivity contribution in [2.45, 2.75) is 83.1 Å². The second-order valence-electron chi connectivity index (χ2n) is 11.1. The van der Waals surface area contributed by atoms with Gasteiger partial charge in [0.05, 0.1) is 5.56 Å². The normalized spacial score (nSPS) is 10.4. The zero-order valence-electron chi connectivity index (χ0n) is 27.1. The van der Waals surface area contributed by atoms with Crippen LogP contribution in [0.25, 0.3) is 22.3 Å². The van der Waals surface area contributed by atoms with Crippen LogP contribution in [0.4, 0.5) is 0 Å². The molecule has 1 radical (unpaired) electrons. The van der Waals surface area contributed by atoms with Gasteiger partial charge in [0.2, 0.25) is 0 Å². The van der Waals surface area contributed by atoms with Crippen molar-refractivity contribution >= 4 is 5.97 Å². The van der Waals surface area contributed by atoms with Crippen molar-refractivity contribution in [3.63, 3.8) is 0 Å². The van der Waals surface area contributed by atoms with Crippen molar-refractivity contribution < 1.29 is 42.2 Å². The van der Waals surface area contributed by atoms with E-state index in [1.165, 1.54) is 78.9 Å². The molecule has 0 aliphatic carbocycles. The molecule has 0 heterocycles. The number of aryl methyl sites for hydroxylation is 3. The summed E-state index contributed by atoms with van der Waals surface area (Å²) in [6.07, 6.45) is 0. The first-order chi connectivity index (χ1) is 18.8. The number of benzene rings is 4. The Morgan fingerprint density at radius 2 is 0.756 bits per heavy atom. The van der Waals surface area contributed by atoms with Crippen molar-refractivity contribution in [2.24, 2.45) is 0 Å². The fraction of sp³-hybridized carbons (Fsp3) is 0.316. The van der Waals surface area contributed by atoms with Gasteiger partial charge in [-0.05, 0) is 166 Å². The van der Waals surface area contributed by atoms with Gasteiger partial charge in [0.25, 0.3) is 0 Å². The SMILES string of the molecule is C[CH-]OC(=O)c1ccc(-c2ccc(C)c(C)c2C)c(C)c1C.Cc1ccc(-c2ccc(C)c(C)c2C)c(C)c1C.[Y]. The largest absolute Gasteiger partial charge is 0.634 e. The zero-order valence-corrected chi connectivity index (χ0v) is 29.9. The number of ether oxygens (including phenoxy) is 1. The summed E-state index contributed by atoms with van der Waals surface area (Å²) in [5, 5.41) is 0. The minimum Gasteiger partial charge on any atom is -0.634 e. The van der Waals surface area contributed by atoms with Crippen LogP contribution in [0.3, 0.4) is 0 Å². The molecule has 0 amide bonds. The maximum Gasteiger partial charge on any atom is 0.306 e. The van der Waals surface area contributed by atoms with E-state index in [4.69, 9.17) is 4.74 Å². The van der Waals surface area contributed by atoms with E-state index in [-0.39, 0.29) is 38.7 Å². The standard InChI is InChI=1S/C20H23O2.C18H22.Y/c1-7-22-20(21)19-11-10-18(15(5)16(19)6)17-9-8-12(2)13(3)14(17)4;1-11-7-9-17(15(5)13(11)3)18-10-8-12(2)14(4)16(18)6;/h7-11H,1-6H3;7-10H,1-6H3;/q-1;;. The Kier molecular flexibility index (Phi) is 12.3. The topological polar surface area (TPSA) is 26.3 Å². The van der Waals surface area contributed by atoms with Crippen LogP contribution in [0.2, 0.25) is 0 Å². The Morgan fingerprint density at radius 3 is 1.07 bits per heavy atom. The van der Waals surface area contributed by atoms with Crippen LogP contribution in [0, 0.1) is 82.8 Å². The Bertz CT molecular complexity index is 1520. The summed E-state index contributed by atoms with van der Waals surface area (Å²) >= 11 is 0. The zero-order chi connectivity index (χ0) is 29.9. The van der Waals surface area contributed by atoms with E-state index in [2.05, 4.69) is 106 Å². The summed E-state index contributed by atoms with van der Waals surface area (Å²) in [6.45, 7) is 26.8. The average Bonchev–Trinajstić information content (AvgIpc) is 2.92. The number of rotatable bonds is 4. The smallest absolute Gasteiger partial charge is 0.306 e. The van der Waals surface area contributed by atoms with Gasteiger partial charge in [-0.1, -0.05) is 42.5 Å². The van der Waals surface area contributed by atoms with Crippen LogP contribution in [0.15, 0.2) is 48.5 Å².